The van der Waals surface area contributed by atoms with Gasteiger partial charge in [-0.05, 0) is 69.3 Å². The van der Waals surface area contributed by atoms with Gasteiger partial charge in [0, 0.05) is 16.7 Å². The zero-order valence-electron chi connectivity index (χ0n) is 20.5. The number of hydrogen-bond acceptors (Lipinski definition) is 7. The van der Waals surface area contributed by atoms with E-state index in [-0.39, 0.29) is 24.8 Å². The van der Waals surface area contributed by atoms with Gasteiger partial charge in [0.25, 0.3) is 5.91 Å². The molecule has 0 radical (unpaired) electrons. The molecule has 0 saturated carbocycles. The summed E-state index contributed by atoms with van der Waals surface area (Å²) in [5.41, 5.74) is 5.76. The first-order valence-corrected chi connectivity index (χ1v) is 12.4. The van der Waals surface area contributed by atoms with Crippen molar-refractivity contribution in [1.29, 1.82) is 0 Å². The summed E-state index contributed by atoms with van der Waals surface area (Å²) in [6.45, 7) is 4.93. The minimum Gasteiger partial charge on any atom is -0.489 e. The lowest BCUT2D eigenvalue weighted by Gasteiger charge is -2.26. The highest BCUT2D eigenvalue weighted by molar-refractivity contribution is 7.18. The van der Waals surface area contributed by atoms with Crippen molar-refractivity contribution in [3.8, 4) is 17.0 Å². The molecule has 1 aliphatic rings. The summed E-state index contributed by atoms with van der Waals surface area (Å²) in [4.78, 5) is 34.3. The standard InChI is InChI=1S/C27H25FN4O4S/c1-14-31-19-9-6-16(10-20(19)37-14)24(33)30-12-27(3,35)21-11-18-23(36-13-26(18,2)25(29)34)22(32-21)15-4-7-17(28)8-5-15/h4-11,35H,12-13H2,1-3H3,(H2,29,34)(H,30,33)/t26-,27-/m0/s1. The van der Waals surface area contributed by atoms with E-state index >= 15 is 0 Å². The minimum atomic E-state index is -1.62. The molecule has 0 spiro atoms. The van der Waals surface area contributed by atoms with Crippen LogP contribution in [-0.4, -0.2) is 40.0 Å². The fourth-order valence-electron chi connectivity index (χ4n) is 4.29. The molecule has 1 aliphatic heterocycles. The fraction of sp³-hybridized carbons (Fsp3) is 0.259. The van der Waals surface area contributed by atoms with E-state index in [9.17, 15) is 19.1 Å². The number of aromatic nitrogens is 2. The second-order valence-electron chi connectivity index (χ2n) is 9.60. The maximum Gasteiger partial charge on any atom is 0.251 e. The van der Waals surface area contributed by atoms with E-state index < -0.39 is 22.7 Å². The highest BCUT2D eigenvalue weighted by Gasteiger charge is 2.45. The van der Waals surface area contributed by atoms with Crippen LogP contribution in [0.1, 0.15) is 40.5 Å². The molecule has 4 N–H and O–H groups in total. The minimum absolute atomic E-state index is 0.00933. The smallest absolute Gasteiger partial charge is 0.251 e. The third-order valence-electron chi connectivity index (χ3n) is 6.64. The molecule has 4 aromatic rings. The quantitative estimate of drug-likeness (QED) is 0.357. The van der Waals surface area contributed by atoms with E-state index in [0.29, 0.717) is 28.1 Å². The number of nitrogens with one attached hydrogen (secondary N) is 1. The molecular weight excluding hydrogens is 495 g/mol. The molecular formula is C27H25FN4O4S. The van der Waals surface area contributed by atoms with Crippen LogP contribution < -0.4 is 15.8 Å². The monoisotopic (exact) mass is 520 g/mol. The van der Waals surface area contributed by atoms with E-state index in [0.717, 1.165) is 15.2 Å². The van der Waals surface area contributed by atoms with Crippen molar-refractivity contribution in [2.24, 2.45) is 5.73 Å². The molecule has 2 aromatic heterocycles. The number of carbonyl (C=O) groups excluding carboxylic acids is 2. The molecule has 0 fully saturated rings. The number of nitrogens with zero attached hydrogens (tertiary/aromatic N) is 2. The van der Waals surface area contributed by atoms with Gasteiger partial charge in [-0.1, -0.05) is 0 Å². The number of pyridine rings is 1. The van der Waals surface area contributed by atoms with Crippen LogP contribution in [0.25, 0.3) is 21.5 Å². The second kappa shape index (κ2) is 8.89. The Balaban J connectivity index is 1.49. The van der Waals surface area contributed by atoms with Crippen molar-refractivity contribution in [3.63, 3.8) is 0 Å². The Bertz CT molecular complexity index is 1550. The molecule has 8 nitrogen and oxygen atoms in total. The third kappa shape index (κ3) is 4.42. The maximum atomic E-state index is 13.6. The average Bonchev–Trinajstić information content (AvgIpc) is 3.41. The lowest BCUT2D eigenvalue weighted by molar-refractivity contribution is -0.123. The Morgan fingerprint density at radius 3 is 2.65 bits per heavy atom. The second-order valence-corrected chi connectivity index (χ2v) is 10.8. The Morgan fingerprint density at radius 2 is 1.95 bits per heavy atom. The lowest BCUT2D eigenvalue weighted by atomic mass is 9.82. The van der Waals surface area contributed by atoms with Crippen molar-refractivity contribution in [3.05, 3.63) is 76.2 Å². The van der Waals surface area contributed by atoms with Crippen LogP contribution >= 0.6 is 11.3 Å². The highest BCUT2D eigenvalue weighted by atomic mass is 32.1. The van der Waals surface area contributed by atoms with E-state index in [1.165, 1.54) is 30.4 Å². The largest absolute Gasteiger partial charge is 0.489 e. The molecule has 0 saturated heterocycles. The van der Waals surface area contributed by atoms with E-state index in [1.807, 2.05) is 6.92 Å². The van der Waals surface area contributed by atoms with E-state index in [2.05, 4.69) is 15.3 Å². The Morgan fingerprint density at radius 1 is 1.22 bits per heavy atom. The van der Waals surface area contributed by atoms with Crippen molar-refractivity contribution < 1.29 is 23.8 Å². The van der Waals surface area contributed by atoms with Crippen LogP contribution in [0.15, 0.2) is 48.5 Å². The summed E-state index contributed by atoms with van der Waals surface area (Å²) < 4.78 is 20.3. The maximum absolute atomic E-state index is 13.6. The molecule has 3 heterocycles. The summed E-state index contributed by atoms with van der Waals surface area (Å²) in [7, 11) is 0. The molecule has 2 atom stereocenters. The van der Waals surface area contributed by atoms with Crippen LogP contribution in [-0.2, 0) is 15.8 Å². The third-order valence-corrected chi connectivity index (χ3v) is 7.57. The molecule has 0 unspecified atom stereocenters. The molecule has 0 aliphatic carbocycles. The summed E-state index contributed by atoms with van der Waals surface area (Å²) in [6, 6.07) is 12.5. The molecule has 5 rings (SSSR count). The van der Waals surface area contributed by atoms with Crippen molar-refractivity contribution in [2.45, 2.75) is 31.8 Å². The van der Waals surface area contributed by atoms with Gasteiger partial charge in [0.05, 0.1) is 27.5 Å². The number of nitrogens with two attached hydrogens (primary N) is 1. The Kier molecular flexibility index (Phi) is 5.96. The van der Waals surface area contributed by atoms with Gasteiger partial charge >= 0.3 is 0 Å². The summed E-state index contributed by atoms with van der Waals surface area (Å²) in [5, 5.41) is 15.1. The van der Waals surface area contributed by atoms with Gasteiger partial charge in [-0.3, -0.25) is 9.59 Å². The normalized spacial score (nSPS) is 18.2. The van der Waals surface area contributed by atoms with Crippen LogP contribution in [0, 0.1) is 12.7 Å². The number of ether oxygens (including phenoxy) is 1. The summed E-state index contributed by atoms with van der Waals surface area (Å²) in [6.07, 6.45) is 0. The van der Waals surface area contributed by atoms with Crippen molar-refractivity contribution in [2.75, 3.05) is 13.2 Å². The number of aliphatic hydroxyl groups is 1. The predicted molar refractivity (Wildman–Crippen MR) is 138 cm³/mol. The highest BCUT2D eigenvalue weighted by Crippen LogP contribution is 2.45. The van der Waals surface area contributed by atoms with Gasteiger partial charge < -0.3 is 20.9 Å². The molecule has 2 amide bonds. The number of primary amides is 1. The number of carbonyl (C=O) groups is 2. The van der Waals surface area contributed by atoms with Gasteiger partial charge in [-0.25, -0.2) is 14.4 Å². The van der Waals surface area contributed by atoms with Gasteiger partial charge in [0.1, 0.15) is 34.9 Å². The summed E-state index contributed by atoms with van der Waals surface area (Å²) >= 11 is 1.49. The first-order valence-electron chi connectivity index (χ1n) is 11.6. The lowest BCUT2D eigenvalue weighted by Crippen LogP contribution is -2.41. The number of benzene rings is 2. The van der Waals surface area contributed by atoms with Crippen molar-refractivity contribution in [1.82, 2.24) is 15.3 Å². The van der Waals surface area contributed by atoms with Gasteiger partial charge in [0.15, 0.2) is 0 Å². The number of rotatable bonds is 6. The molecule has 10 heteroatoms. The van der Waals surface area contributed by atoms with Crippen molar-refractivity contribution >= 4 is 33.4 Å². The zero-order chi connectivity index (χ0) is 26.5. The van der Waals surface area contributed by atoms with Crippen LogP contribution in [0.5, 0.6) is 5.75 Å². The molecule has 2 aromatic carbocycles. The Labute approximate surface area is 216 Å². The predicted octanol–water partition coefficient (Wildman–Crippen LogP) is 3.58. The number of halogens is 1. The number of aryl methyl sites for hydroxylation is 1. The van der Waals surface area contributed by atoms with E-state index in [4.69, 9.17) is 10.5 Å². The number of amides is 2. The van der Waals surface area contributed by atoms with Crippen LogP contribution in [0.4, 0.5) is 4.39 Å². The molecule has 37 heavy (non-hydrogen) atoms. The summed E-state index contributed by atoms with van der Waals surface area (Å²) in [5.74, 6) is -1.01. The zero-order valence-corrected chi connectivity index (χ0v) is 21.3. The van der Waals surface area contributed by atoms with Gasteiger partial charge in [0.2, 0.25) is 5.91 Å². The molecule has 190 valence electrons. The number of thiazole rings is 1. The van der Waals surface area contributed by atoms with Crippen LogP contribution in [0.3, 0.4) is 0 Å². The first kappa shape index (κ1) is 24.8. The van der Waals surface area contributed by atoms with E-state index in [1.54, 1.807) is 43.3 Å². The average molecular weight is 521 g/mol. The topological polar surface area (TPSA) is 127 Å². The Hall–Kier alpha value is -3.89. The SMILES string of the molecule is Cc1nc2ccc(C(=O)NC[C@](C)(O)c3cc4c(c(-c5ccc(F)cc5)n3)OC[C@]4(C)C(N)=O)cc2s1. The fourth-order valence-corrected chi connectivity index (χ4v) is 5.16. The first-order chi connectivity index (χ1) is 17.5. The van der Waals surface area contributed by atoms with Gasteiger partial charge in [-0.2, -0.15) is 0 Å². The number of fused-ring (bicyclic) bond motifs is 2. The van der Waals surface area contributed by atoms with Crippen LogP contribution in [0.2, 0.25) is 0 Å². The van der Waals surface area contributed by atoms with Gasteiger partial charge in [-0.15, -0.1) is 11.3 Å². The molecule has 0 bridgehead atoms. The number of hydrogen-bond donors (Lipinski definition) is 3.